The van der Waals surface area contributed by atoms with Crippen molar-refractivity contribution in [3.8, 4) is 0 Å². The van der Waals surface area contributed by atoms with E-state index >= 15 is 0 Å². The molecule has 5 aromatic rings. The van der Waals surface area contributed by atoms with Gasteiger partial charge in [0.1, 0.15) is 48.5 Å². The molecule has 6 atom stereocenters. The number of carbonyl (C=O) groups is 2. The predicted octanol–water partition coefficient (Wildman–Crippen LogP) is 11.2. The summed E-state index contributed by atoms with van der Waals surface area (Å²) in [5.74, 6) is 1.47. The van der Waals surface area contributed by atoms with E-state index in [-0.39, 0.29) is 37.7 Å². The third-order valence-corrected chi connectivity index (χ3v) is 17.1. The number of aliphatic hydroxyl groups is 2. The molecule has 3 aliphatic rings. The molecular formula is C54H79N7O8Si2. The number of fused-ring (bicyclic) bond motifs is 2. The number of ether oxygens (including phenoxy) is 4. The van der Waals surface area contributed by atoms with Gasteiger partial charge in [0, 0.05) is 48.1 Å². The molecule has 0 saturated carbocycles. The Hall–Kier alpha value is -4.79. The van der Waals surface area contributed by atoms with Crippen molar-refractivity contribution < 1.29 is 38.7 Å². The maximum absolute atomic E-state index is 13.6. The van der Waals surface area contributed by atoms with Gasteiger partial charge in [-0.15, -0.1) is 0 Å². The summed E-state index contributed by atoms with van der Waals surface area (Å²) in [6.45, 7) is 28.2. The molecule has 3 saturated heterocycles. The molecule has 0 spiro atoms. The van der Waals surface area contributed by atoms with Crippen LogP contribution in [0.15, 0.2) is 66.7 Å². The minimum Gasteiger partial charge on any atom is -0.444 e. The van der Waals surface area contributed by atoms with E-state index in [1.165, 1.54) is 0 Å². The highest BCUT2D eigenvalue weighted by atomic mass is 28.3. The van der Waals surface area contributed by atoms with Gasteiger partial charge in [0.15, 0.2) is 0 Å². The number of para-hydroxylation sites is 1. The number of aliphatic hydroxyl groups excluding tert-OH is 2. The molecule has 71 heavy (non-hydrogen) atoms. The smallest absolute Gasteiger partial charge is 0.410 e. The van der Waals surface area contributed by atoms with E-state index in [9.17, 15) is 19.8 Å². The molecule has 0 radical (unpaired) electrons. The van der Waals surface area contributed by atoms with E-state index in [1.807, 2.05) is 108 Å². The zero-order valence-electron chi connectivity index (χ0n) is 44.3. The van der Waals surface area contributed by atoms with Gasteiger partial charge < -0.3 is 43.2 Å². The summed E-state index contributed by atoms with van der Waals surface area (Å²) in [5.41, 5.74) is 4.25. The molecule has 8 rings (SSSR count). The number of benzene rings is 3. The minimum absolute atomic E-state index is 0.279. The number of carbonyl (C=O) groups excluding carboxylic acids is 2. The first-order valence-corrected chi connectivity index (χ1v) is 33.1. The van der Waals surface area contributed by atoms with E-state index in [0.29, 0.717) is 37.3 Å². The van der Waals surface area contributed by atoms with Gasteiger partial charge in [-0.05, 0) is 127 Å². The average Bonchev–Trinajstić information content (AvgIpc) is 4.12. The summed E-state index contributed by atoms with van der Waals surface area (Å²) in [6.07, 6.45) is 0.00904. The summed E-state index contributed by atoms with van der Waals surface area (Å²) >= 11 is 0. The summed E-state index contributed by atoms with van der Waals surface area (Å²) in [6, 6.07) is 22.1. The van der Waals surface area contributed by atoms with Crippen molar-refractivity contribution in [1.29, 1.82) is 0 Å². The van der Waals surface area contributed by atoms with Gasteiger partial charge in [-0.25, -0.2) is 19.6 Å². The van der Waals surface area contributed by atoms with E-state index in [4.69, 9.17) is 28.9 Å². The number of imidazole rings is 2. The van der Waals surface area contributed by atoms with Gasteiger partial charge in [-0.1, -0.05) is 69.6 Å². The highest BCUT2D eigenvalue weighted by Gasteiger charge is 2.50. The summed E-state index contributed by atoms with van der Waals surface area (Å²) in [7, 11) is -2.72. The molecule has 2 amide bonds. The average molecular weight is 1010 g/mol. The van der Waals surface area contributed by atoms with Crippen LogP contribution in [-0.2, 0) is 32.4 Å². The second-order valence-corrected chi connectivity index (χ2v) is 35.5. The second kappa shape index (κ2) is 20.6. The molecule has 0 aliphatic carbocycles. The van der Waals surface area contributed by atoms with E-state index in [2.05, 4.69) is 53.3 Å². The van der Waals surface area contributed by atoms with Crippen LogP contribution >= 0.6 is 0 Å². The highest BCUT2D eigenvalue weighted by molar-refractivity contribution is 6.76. The molecule has 0 bridgehead atoms. The molecule has 5 heterocycles. The topological polar surface area (TPSA) is 157 Å². The lowest BCUT2D eigenvalue weighted by Gasteiger charge is -2.33. The molecule has 3 fully saturated rings. The number of aromatic nitrogens is 4. The molecule has 3 aromatic carbocycles. The SMILES string of the molecule is CC(C)(C)OC(=O)N1CCCC1c1nc2cc([C@H]3[C@@H](O)[C@H](O)C(c4ccc5c(c4)nc([C@@H]4CCCN4C(=O)OC(C)(C)C)n5COCC[Si](C)(C)C)N3c3ccccc3)ccc2n1COCC[Si](C)(C)C. The van der Waals surface area contributed by atoms with Crippen molar-refractivity contribution in [2.75, 3.05) is 31.2 Å². The quantitative estimate of drug-likeness (QED) is 0.0760. The zero-order valence-corrected chi connectivity index (χ0v) is 46.3. The Morgan fingerprint density at radius 1 is 0.620 bits per heavy atom. The normalized spacial score (nSPS) is 22.4. The Balaban J connectivity index is 1.18. The molecule has 2 aromatic heterocycles. The molecule has 2 N–H and O–H groups in total. The van der Waals surface area contributed by atoms with Crippen LogP contribution in [0.1, 0.15) is 114 Å². The third-order valence-electron chi connectivity index (χ3n) is 13.7. The lowest BCUT2D eigenvalue weighted by molar-refractivity contribution is 0.0196. The fourth-order valence-corrected chi connectivity index (χ4v) is 11.7. The largest absolute Gasteiger partial charge is 0.444 e. The fraction of sp³-hybridized carbons (Fsp3) is 0.593. The van der Waals surface area contributed by atoms with Crippen molar-refractivity contribution in [3.05, 3.63) is 89.5 Å². The van der Waals surface area contributed by atoms with Crippen molar-refractivity contribution >= 4 is 56.1 Å². The van der Waals surface area contributed by atoms with Crippen molar-refractivity contribution in [2.45, 2.75) is 180 Å². The van der Waals surface area contributed by atoms with Crippen LogP contribution in [0.25, 0.3) is 22.1 Å². The number of nitrogens with zero attached hydrogens (tertiary/aromatic N) is 7. The van der Waals surface area contributed by atoms with Crippen LogP contribution in [-0.4, -0.2) is 117 Å². The third kappa shape index (κ3) is 12.0. The van der Waals surface area contributed by atoms with Crippen LogP contribution in [0.4, 0.5) is 15.3 Å². The van der Waals surface area contributed by atoms with Crippen LogP contribution < -0.4 is 4.90 Å². The molecule has 2 unspecified atom stereocenters. The number of amides is 2. The molecule has 15 nitrogen and oxygen atoms in total. The summed E-state index contributed by atoms with van der Waals surface area (Å²) < 4.78 is 28.7. The minimum atomic E-state index is -1.36. The maximum Gasteiger partial charge on any atom is 0.410 e. The first-order valence-electron chi connectivity index (χ1n) is 25.7. The van der Waals surface area contributed by atoms with Gasteiger partial charge >= 0.3 is 12.2 Å². The molecule has 386 valence electrons. The highest BCUT2D eigenvalue weighted by Crippen LogP contribution is 2.49. The number of likely N-dealkylation sites (tertiary alicyclic amines) is 2. The van der Waals surface area contributed by atoms with Crippen molar-refractivity contribution in [1.82, 2.24) is 28.9 Å². The predicted molar refractivity (Wildman–Crippen MR) is 284 cm³/mol. The Kier molecular flexibility index (Phi) is 15.3. The fourth-order valence-electron chi connectivity index (χ4n) is 10.2. The van der Waals surface area contributed by atoms with Crippen molar-refractivity contribution in [3.63, 3.8) is 0 Å². The molecular weight excluding hydrogens is 931 g/mol. The van der Waals surface area contributed by atoms with Crippen LogP contribution in [0.5, 0.6) is 0 Å². The van der Waals surface area contributed by atoms with Gasteiger partial charge in [0.25, 0.3) is 0 Å². The lowest BCUT2D eigenvalue weighted by atomic mass is 9.98. The van der Waals surface area contributed by atoms with E-state index in [1.54, 1.807) is 9.80 Å². The summed E-state index contributed by atoms with van der Waals surface area (Å²) in [5, 5.41) is 24.7. The van der Waals surface area contributed by atoms with E-state index < -0.39 is 51.6 Å². The van der Waals surface area contributed by atoms with Crippen LogP contribution in [0.3, 0.4) is 0 Å². The summed E-state index contributed by atoms with van der Waals surface area (Å²) in [4.78, 5) is 43.5. The number of hydrogen-bond acceptors (Lipinski definition) is 11. The zero-order chi connectivity index (χ0) is 51.2. The first kappa shape index (κ1) is 52.5. The van der Waals surface area contributed by atoms with Gasteiger partial charge in [0.2, 0.25) is 0 Å². The molecule has 17 heteroatoms. The lowest BCUT2D eigenvalue weighted by Crippen LogP contribution is -2.37. The maximum atomic E-state index is 13.6. The Morgan fingerprint density at radius 2 is 1.03 bits per heavy atom. The standard InChI is InChI=1S/C54H79N7O8Si2/c1-53(2,3)68-51(64)57-26-16-20-43(57)49-55-39-32-36(22-24-41(39)59(49)34-66-28-30-70(7,8)9)45-47(62)48(63)46(61(45)38-18-14-13-15-19-38)37-23-25-42-40(33-37)56-50(60(42)35-67-29-31-71(10,11)12)44-21-17-27-58(44)52(65)69-54(4,5)6/h13-15,18-19,22-25,32-33,43-48,62-63H,16-17,20-21,26-31,34-35H2,1-12H3/t43-,44?,45?,46-,47+,48+/m0/s1. The van der Waals surface area contributed by atoms with Crippen molar-refractivity contribution in [2.24, 2.45) is 0 Å². The van der Waals surface area contributed by atoms with Gasteiger partial charge in [-0.3, -0.25) is 9.80 Å². The van der Waals surface area contributed by atoms with Crippen LogP contribution in [0, 0.1) is 0 Å². The Labute approximate surface area is 422 Å². The van der Waals surface area contributed by atoms with Crippen LogP contribution in [0.2, 0.25) is 51.4 Å². The first-order chi connectivity index (χ1) is 33.4. The Morgan fingerprint density at radius 3 is 1.41 bits per heavy atom. The molecule has 3 aliphatic heterocycles. The van der Waals surface area contributed by atoms with E-state index in [0.717, 1.165) is 77.3 Å². The van der Waals surface area contributed by atoms with Gasteiger partial charge in [0.05, 0.1) is 46.2 Å². The number of anilines is 1. The van der Waals surface area contributed by atoms with Gasteiger partial charge in [-0.2, -0.15) is 0 Å². The number of hydrogen-bond donors (Lipinski definition) is 2. The Bertz CT molecular complexity index is 2500. The number of rotatable bonds is 15. The monoisotopic (exact) mass is 1010 g/mol. The second-order valence-electron chi connectivity index (χ2n) is 24.3.